The van der Waals surface area contributed by atoms with Crippen LogP contribution in [0.2, 0.25) is 0 Å². The molecule has 3 rings (SSSR count). The first-order valence-corrected chi connectivity index (χ1v) is 8.88. The van der Waals surface area contributed by atoms with Gasteiger partial charge in [-0.2, -0.15) is 0 Å². The molecule has 0 saturated carbocycles. The van der Waals surface area contributed by atoms with Crippen LogP contribution in [-0.4, -0.2) is 25.1 Å². The molecule has 6 nitrogen and oxygen atoms in total. The van der Waals surface area contributed by atoms with Gasteiger partial charge in [-0.1, -0.05) is 24.3 Å². The van der Waals surface area contributed by atoms with E-state index < -0.39 is 0 Å². The Morgan fingerprint density at radius 2 is 1.79 bits per heavy atom. The van der Waals surface area contributed by atoms with Gasteiger partial charge < -0.3 is 20.1 Å². The van der Waals surface area contributed by atoms with Crippen LogP contribution < -0.4 is 20.1 Å². The molecule has 2 N–H and O–H groups in total. The molecule has 0 unspecified atom stereocenters. The summed E-state index contributed by atoms with van der Waals surface area (Å²) in [6, 6.07) is 16.9. The van der Waals surface area contributed by atoms with Crippen molar-refractivity contribution in [2.75, 3.05) is 24.9 Å². The average Bonchev–Trinajstić information content (AvgIpc) is 2.73. The maximum atomic E-state index is 12.5. The second-order valence-corrected chi connectivity index (χ2v) is 6.24. The molecule has 144 valence electrons. The van der Waals surface area contributed by atoms with Crippen molar-refractivity contribution < 1.29 is 14.3 Å². The summed E-state index contributed by atoms with van der Waals surface area (Å²) >= 11 is 0. The quantitative estimate of drug-likeness (QED) is 0.643. The number of ether oxygens (including phenoxy) is 2. The second-order valence-electron chi connectivity index (χ2n) is 6.24. The van der Waals surface area contributed by atoms with Gasteiger partial charge in [0.2, 0.25) is 0 Å². The minimum absolute atomic E-state index is 0.269. The van der Waals surface area contributed by atoms with E-state index in [9.17, 15) is 4.79 Å². The van der Waals surface area contributed by atoms with Crippen LogP contribution in [0.15, 0.2) is 60.8 Å². The number of anilines is 2. The van der Waals surface area contributed by atoms with Crippen LogP contribution in [-0.2, 0) is 6.54 Å². The molecule has 0 aliphatic heterocycles. The minimum Gasteiger partial charge on any atom is -0.493 e. The number of carbonyl (C=O) groups excluding carboxylic acids is 1. The fraction of sp³-hybridized carbons (Fsp3) is 0.182. The normalized spacial score (nSPS) is 10.2. The Kier molecular flexibility index (Phi) is 6.11. The molecule has 1 aromatic heterocycles. The lowest BCUT2D eigenvalue weighted by molar-refractivity contribution is 0.102. The molecule has 0 saturated heterocycles. The summed E-state index contributed by atoms with van der Waals surface area (Å²) < 4.78 is 10.4. The molecule has 0 fully saturated rings. The molecule has 0 radical (unpaired) electrons. The molecule has 0 atom stereocenters. The van der Waals surface area contributed by atoms with Crippen LogP contribution in [0.1, 0.15) is 21.5 Å². The number of hydrogen-bond acceptors (Lipinski definition) is 5. The summed E-state index contributed by atoms with van der Waals surface area (Å²) in [6.45, 7) is 2.80. The first kappa shape index (κ1) is 19.2. The van der Waals surface area contributed by atoms with Crippen LogP contribution in [0.25, 0.3) is 0 Å². The lowest BCUT2D eigenvalue weighted by Gasteiger charge is -2.11. The van der Waals surface area contributed by atoms with Crippen LogP contribution in [0.5, 0.6) is 11.5 Å². The van der Waals surface area contributed by atoms with Gasteiger partial charge in [0.05, 0.1) is 26.1 Å². The highest BCUT2D eigenvalue weighted by Gasteiger charge is 2.11. The van der Waals surface area contributed by atoms with E-state index in [1.165, 1.54) is 18.2 Å². The summed E-state index contributed by atoms with van der Waals surface area (Å²) in [6.07, 6.45) is 1.70. The standard InChI is InChI=1S/C22H23N3O3/c1-15-6-4-5-7-17(15)13-23-18-9-11-21(24-14-18)25-22(26)16-8-10-19(27-2)20(12-16)28-3/h4-12,14,23H,13H2,1-3H3,(H,24,25,26). The fourth-order valence-corrected chi connectivity index (χ4v) is 2.74. The Hall–Kier alpha value is -3.54. The van der Waals surface area contributed by atoms with Crippen molar-refractivity contribution in [1.29, 1.82) is 0 Å². The topological polar surface area (TPSA) is 72.5 Å². The summed E-state index contributed by atoms with van der Waals surface area (Å²) in [4.78, 5) is 16.8. The van der Waals surface area contributed by atoms with Crippen molar-refractivity contribution in [1.82, 2.24) is 4.98 Å². The first-order chi connectivity index (χ1) is 13.6. The number of carbonyl (C=O) groups is 1. The van der Waals surface area contributed by atoms with Gasteiger partial charge >= 0.3 is 0 Å². The van der Waals surface area contributed by atoms with Crippen molar-refractivity contribution in [3.05, 3.63) is 77.5 Å². The van der Waals surface area contributed by atoms with Gasteiger partial charge in [-0.15, -0.1) is 0 Å². The summed E-state index contributed by atoms with van der Waals surface area (Å²) in [5.41, 5.74) is 3.81. The molecule has 1 amide bonds. The molecule has 0 spiro atoms. The molecule has 28 heavy (non-hydrogen) atoms. The zero-order valence-corrected chi connectivity index (χ0v) is 16.2. The highest BCUT2D eigenvalue weighted by Crippen LogP contribution is 2.27. The Morgan fingerprint density at radius 3 is 2.46 bits per heavy atom. The Labute approximate surface area is 164 Å². The lowest BCUT2D eigenvalue weighted by atomic mass is 10.1. The highest BCUT2D eigenvalue weighted by molar-refractivity contribution is 6.04. The van der Waals surface area contributed by atoms with Crippen molar-refractivity contribution in [2.45, 2.75) is 13.5 Å². The summed E-state index contributed by atoms with van der Waals surface area (Å²) in [7, 11) is 3.08. The first-order valence-electron chi connectivity index (χ1n) is 8.88. The maximum Gasteiger partial charge on any atom is 0.256 e. The third-order valence-electron chi connectivity index (χ3n) is 4.40. The highest BCUT2D eigenvalue weighted by atomic mass is 16.5. The number of rotatable bonds is 7. The van der Waals surface area contributed by atoms with Crippen LogP contribution in [0.3, 0.4) is 0 Å². The number of methoxy groups -OCH3 is 2. The Bertz CT molecular complexity index is 955. The maximum absolute atomic E-state index is 12.5. The second kappa shape index (κ2) is 8.90. The molecular weight excluding hydrogens is 354 g/mol. The van der Waals surface area contributed by atoms with Gasteiger partial charge in [-0.3, -0.25) is 4.79 Å². The zero-order chi connectivity index (χ0) is 19.9. The van der Waals surface area contributed by atoms with E-state index in [4.69, 9.17) is 9.47 Å². The molecule has 3 aromatic rings. The minimum atomic E-state index is -0.269. The Morgan fingerprint density at radius 1 is 1.00 bits per heavy atom. The van der Waals surface area contributed by atoms with Gasteiger partial charge in [0.1, 0.15) is 5.82 Å². The van der Waals surface area contributed by atoms with Gasteiger partial charge in [-0.25, -0.2) is 4.98 Å². The molecule has 0 aliphatic rings. The summed E-state index contributed by atoms with van der Waals surface area (Å²) in [5, 5.41) is 6.12. The largest absolute Gasteiger partial charge is 0.493 e. The van der Waals surface area contributed by atoms with E-state index in [0.29, 0.717) is 29.4 Å². The smallest absolute Gasteiger partial charge is 0.256 e. The average molecular weight is 377 g/mol. The van der Waals surface area contributed by atoms with Crippen LogP contribution in [0, 0.1) is 6.92 Å². The SMILES string of the molecule is COc1ccc(C(=O)Nc2ccc(NCc3ccccc3C)cn2)cc1OC. The van der Waals surface area contributed by atoms with E-state index >= 15 is 0 Å². The molecule has 6 heteroatoms. The number of aryl methyl sites for hydroxylation is 1. The van der Waals surface area contributed by atoms with Crippen molar-refractivity contribution in [3.63, 3.8) is 0 Å². The van der Waals surface area contributed by atoms with Gasteiger partial charge in [0.25, 0.3) is 5.91 Å². The van der Waals surface area contributed by atoms with Crippen LogP contribution >= 0.6 is 0 Å². The van der Waals surface area contributed by atoms with Crippen LogP contribution in [0.4, 0.5) is 11.5 Å². The number of benzene rings is 2. The monoisotopic (exact) mass is 377 g/mol. The Balaban J connectivity index is 1.62. The van der Waals surface area contributed by atoms with Crippen molar-refractivity contribution >= 4 is 17.4 Å². The number of nitrogens with zero attached hydrogens (tertiary/aromatic N) is 1. The molecule has 0 aliphatic carbocycles. The van der Waals surface area contributed by atoms with E-state index in [0.717, 1.165) is 5.69 Å². The number of aromatic nitrogens is 1. The van der Waals surface area contributed by atoms with E-state index in [1.807, 2.05) is 18.2 Å². The zero-order valence-electron chi connectivity index (χ0n) is 16.2. The number of hydrogen-bond donors (Lipinski definition) is 2. The van der Waals surface area contributed by atoms with Crippen molar-refractivity contribution in [3.8, 4) is 11.5 Å². The van der Waals surface area contributed by atoms with E-state index in [-0.39, 0.29) is 5.91 Å². The number of nitrogens with one attached hydrogen (secondary N) is 2. The van der Waals surface area contributed by atoms with Gasteiger partial charge in [0, 0.05) is 12.1 Å². The van der Waals surface area contributed by atoms with E-state index in [2.05, 4.69) is 34.7 Å². The fourth-order valence-electron chi connectivity index (χ4n) is 2.74. The number of pyridine rings is 1. The predicted molar refractivity (Wildman–Crippen MR) is 110 cm³/mol. The molecule has 1 heterocycles. The number of amides is 1. The predicted octanol–water partition coefficient (Wildman–Crippen LogP) is 4.27. The molecular formula is C22H23N3O3. The third kappa shape index (κ3) is 4.59. The molecule has 2 aromatic carbocycles. The van der Waals surface area contributed by atoms with Crippen molar-refractivity contribution in [2.24, 2.45) is 0 Å². The lowest BCUT2D eigenvalue weighted by Crippen LogP contribution is -2.13. The third-order valence-corrected chi connectivity index (χ3v) is 4.40. The van der Waals surface area contributed by atoms with E-state index in [1.54, 1.807) is 37.6 Å². The molecule has 0 bridgehead atoms. The summed E-state index contributed by atoms with van der Waals surface area (Å²) in [5.74, 6) is 1.27. The van der Waals surface area contributed by atoms with Gasteiger partial charge in [-0.05, 0) is 48.4 Å². The van der Waals surface area contributed by atoms with Gasteiger partial charge in [0.15, 0.2) is 11.5 Å².